The fourth-order valence-electron chi connectivity index (χ4n) is 4.30. The molecule has 5 nitrogen and oxygen atoms in total. The number of amides is 2. The van der Waals surface area contributed by atoms with E-state index < -0.39 is 0 Å². The molecule has 0 aromatic heterocycles. The zero-order chi connectivity index (χ0) is 19.5. The molecule has 0 radical (unpaired) electrons. The summed E-state index contributed by atoms with van der Waals surface area (Å²) in [6.45, 7) is 2.70. The maximum atomic E-state index is 12.6. The normalized spacial score (nSPS) is 18.6. The molecule has 0 aliphatic carbocycles. The van der Waals surface area contributed by atoms with E-state index in [1.165, 1.54) is 5.56 Å². The number of hydrogen-bond acceptors (Lipinski definition) is 3. The van der Waals surface area contributed by atoms with Gasteiger partial charge in [0.2, 0.25) is 5.91 Å². The van der Waals surface area contributed by atoms with Crippen LogP contribution in [0.2, 0.25) is 0 Å². The van der Waals surface area contributed by atoms with Gasteiger partial charge in [0.15, 0.2) is 0 Å². The molecule has 1 saturated heterocycles. The van der Waals surface area contributed by atoms with Crippen molar-refractivity contribution >= 4 is 11.8 Å². The Morgan fingerprint density at radius 1 is 1.11 bits per heavy atom. The number of hydrogen-bond donors (Lipinski definition) is 1. The first-order valence-electron chi connectivity index (χ1n) is 9.97. The lowest BCUT2D eigenvalue weighted by Crippen LogP contribution is -2.33. The molecule has 2 amide bonds. The van der Waals surface area contributed by atoms with Crippen molar-refractivity contribution in [2.75, 3.05) is 19.6 Å². The molecule has 2 aliphatic heterocycles. The molecule has 146 valence electrons. The van der Waals surface area contributed by atoms with Gasteiger partial charge in [-0.25, -0.2) is 0 Å². The first-order valence-corrected chi connectivity index (χ1v) is 9.97. The van der Waals surface area contributed by atoms with Gasteiger partial charge in [-0.3, -0.25) is 9.59 Å². The number of carbonyl (C=O) groups is 2. The van der Waals surface area contributed by atoms with Gasteiger partial charge in [0, 0.05) is 38.2 Å². The summed E-state index contributed by atoms with van der Waals surface area (Å²) in [4.78, 5) is 28.8. The molecular formula is C23H26N2O3. The lowest BCUT2D eigenvalue weighted by Gasteiger charge is -2.20. The highest BCUT2D eigenvalue weighted by molar-refractivity contribution is 5.98. The molecule has 1 N–H and O–H groups in total. The summed E-state index contributed by atoms with van der Waals surface area (Å²) < 4.78 is 0. The van der Waals surface area contributed by atoms with Crippen LogP contribution in [0.3, 0.4) is 0 Å². The van der Waals surface area contributed by atoms with Gasteiger partial charge >= 0.3 is 0 Å². The number of rotatable bonds is 6. The van der Waals surface area contributed by atoms with Gasteiger partial charge in [0.05, 0.1) is 6.61 Å². The van der Waals surface area contributed by atoms with Crippen LogP contribution >= 0.6 is 0 Å². The average Bonchev–Trinajstić information content (AvgIpc) is 3.31. The number of likely N-dealkylation sites (tertiary alicyclic amines) is 1. The Morgan fingerprint density at radius 3 is 2.75 bits per heavy atom. The molecule has 2 aromatic carbocycles. The Bertz CT molecular complexity index is 880. The first-order chi connectivity index (χ1) is 13.6. The summed E-state index contributed by atoms with van der Waals surface area (Å²) in [6.07, 6.45) is 2.31. The van der Waals surface area contributed by atoms with Gasteiger partial charge in [0.25, 0.3) is 5.91 Å². The summed E-state index contributed by atoms with van der Waals surface area (Å²) in [5.41, 5.74) is 3.96. The van der Waals surface area contributed by atoms with Gasteiger partial charge < -0.3 is 14.9 Å². The van der Waals surface area contributed by atoms with E-state index in [4.69, 9.17) is 0 Å². The summed E-state index contributed by atoms with van der Waals surface area (Å²) in [5.74, 6) is 0.623. The van der Waals surface area contributed by atoms with E-state index in [1.807, 2.05) is 47.4 Å². The third-order valence-corrected chi connectivity index (χ3v) is 5.83. The van der Waals surface area contributed by atoms with Gasteiger partial charge in [-0.1, -0.05) is 42.5 Å². The van der Waals surface area contributed by atoms with E-state index in [1.54, 1.807) is 4.90 Å². The highest BCUT2D eigenvalue weighted by atomic mass is 16.3. The summed E-state index contributed by atoms with van der Waals surface area (Å²) >= 11 is 0. The van der Waals surface area contributed by atoms with Gasteiger partial charge in [0.1, 0.15) is 0 Å². The second-order valence-corrected chi connectivity index (χ2v) is 7.81. The van der Waals surface area contributed by atoms with Crippen LogP contribution in [-0.2, 0) is 24.4 Å². The molecule has 28 heavy (non-hydrogen) atoms. The van der Waals surface area contributed by atoms with Crippen LogP contribution in [0, 0.1) is 5.92 Å². The quantitative estimate of drug-likeness (QED) is 0.841. The molecule has 5 heteroatoms. The zero-order valence-corrected chi connectivity index (χ0v) is 16.0. The second-order valence-electron chi connectivity index (χ2n) is 7.81. The minimum absolute atomic E-state index is 0.0338. The topological polar surface area (TPSA) is 60.9 Å². The van der Waals surface area contributed by atoms with Crippen LogP contribution in [-0.4, -0.2) is 46.4 Å². The molecule has 0 bridgehead atoms. The second kappa shape index (κ2) is 8.15. The monoisotopic (exact) mass is 378 g/mol. The predicted octanol–water partition coefficient (Wildman–Crippen LogP) is 2.62. The van der Waals surface area contributed by atoms with Crippen molar-refractivity contribution in [3.63, 3.8) is 0 Å². The molecule has 2 aliphatic rings. The van der Waals surface area contributed by atoms with Crippen molar-refractivity contribution in [1.29, 1.82) is 0 Å². The molecule has 0 saturated carbocycles. The zero-order valence-electron chi connectivity index (χ0n) is 16.0. The third-order valence-electron chi connectivity index (χ3n) is 5.83. The molecule has 0 spiro atoms. The molecule has 1 fully saturated rings. The molecule has 2 aromatic rings. The Kier molecular flexibility index (Phi) is 5.44. The van der Waals surface area contributed by atoms with Crippen molar-refractivity contribution in [3.8, 4) is 0 Å². The lowest BCUT2D eigenvalue weighted by molar-refractivity contribution is -0.130. The van der Waals surface area contributed by atoms with Crippen molar-refractivity contribution in [3.05, 3.63) is 70.8 Å². The van der Waals surface area contributed by atoms with Gasteiger partial charge in [-0.05, 0) is 41.5 Å². The standard InChI is InChI=1S/C23H26N2O3/c26-16-19-5-3-4-17(13-19)12-18-8-10-24(14-18)22(27)9-11-25-15-20-6-1-2-7-21(20)23(25)28/h1-7,13,18,26H,8-12,14-16H2/t18-/m0/s1. The van der Waals surface area contributed by atoms with E-state index in [0.29, 0.717) is 25.4 Å². The predicted molar refractivity (Wildman–Crippen MR) is 107 cm³/mol. The fourth-order valence-corrected chi connectivity index (χ4v) is 4.30. The van der Waals surface area contributed by atoms with Crippen LogP contribution in [0.5, 0.6) is 0 Å². The Hall–Kier alpha value is -2.66. The van der Waals surface area contributed by atoms with E-state index >= 15 is 0 Å². The van der Waals surface area contributed by atoms with Gasteiger partial charge in [-0.15, -0.1) is 0 Å². The van der Waals surface area contributed by atoms with Gasteiger partial charge in [-0.2, -0.15) is 0 Å². The minimum Gasteiger partial charge on any atom is -0.392 e. The van der Waals surface area contributed by atoms with Crippen LogP contribution in [0.1, 0.15) is 39.9 Å². The SMILES string of the molecule is O=C(CCN1Cc2ccccc2C1=O)N1CC[C@@H](Cc2cccc(CO)c2)C1. The number of aliphatic hydroxyl groups excluding tert-OH is 1. The maximum Gasteiger partial charge on any atom is 0.254 e. The van der Waals surface area contributed by atoms with Crippen molar-refractivity contribution in [1.82, 2.24) is 9.80 Å². The van der Waals surface area contributed by atoms with E-state index in [0.717, 1.165) is 42.6 Å². The molecule has 1 atom stereocenters. The van der Waals surface area contributed by atoms with Crippen LogP contribution < -0.4 is 0 Å². The number of nitrogens with zero attached hydrogens (tertiary/aromatic N) is 2. The first kappa shape index (κ1) is 18.7. The third kappa shape index (κ3) is 3.94. The Labute approximate surface area is 165 Å². The minimum atomic E-state index is 0.0338. The van der Waals surface area contributed by atoms with Crippen LogP contribution in [0.15, 0.2) is 48.5 Å². The van der Waals surface area contributed by atoms with E-state index in [-0.39, 0.29) is 18.4 Å². The van der Waals surface area contributed by atoms with E-state index in [2.05, 4.69) is 6.07 Å². The highest BCUT2D eigenvalue weighted by Gasteiger charge is 2.29. The van der Waals surface area contributed by atoms with Crippen LogP contribution in [0.25, 0.3) is 0 Å². The number of fused-ring (bicyclic) bond motifs is 1. The van der Waals surface area contributed by atoms with Crippen molar-refractivity contribution in [2.45, 2.75) is 32.4 Å². The van der Waals surface area contributed by atoms with Crippen LogP contribution in [0.4, 0.5) is 0 Å². The molecular weight excluding hydrogens is 352 g/mol. The molecule has 2 heterocycles. The largest absolute Gasteiger partial charge is 0.392 e. The summed E-state index contributed by atoms with van der Waals surface area (Å²) in [6, 6.07) is 15.7. The highest BCUT2D eigenvalue weighted by Crippen LogP contribution is 2.24. The average molecular weight is 378 g/mol. The number of benzene rings is 2. The summed E-state index contributed by atoms with van der Waals surface area (Å²) in [7, 11) is 0. The maximum absolute atomic E-state index is 12.6. The molecule has 4 rings (SSSR count). The smallest absolute Gasteiger partial charge is 0.254 e. The Morgan fingerprint density at radius 2 is 1.93 bits per heavy atom. The number of carbonyl (C=O) groups excluding carboxylic acids is 2. The molecule has 0 unspecified atom stereocenters. The van der Waals surface area contributed by atoms with Crippen molar-refractivity contribution in [2.24, 2.45) is 5.92 Å². The summed E-state index contributed by atoms with van der Waals surface area (Å²) in [5, 5.41) is 9.28. The fraction of sp³-hybridized carbons (Fsp3) is 0.391. The number of aliphatic hydroxyl groups is 1. The van der Waals surface area contributed by atoms with Crippen molar-refractivity contribution < 1.29 is 14.7 Å². The lowest BCUT2D eigenvalue weighted by atomic mass is 9.97. The Balaban J connectivity index is 1.27. The van der Waals surface area contributed by atoms with E-state index in [9.17, 15) is 14.7 Å².